The van der Waals surface area contributed by atoms with Crippen LogP contribution in [0.3, 0.4) is 0 Å². The van der Waals surface area contributed by atoms with Gasteiger partial charge in [-0.2, -0.15) is 17.6 Å². The van der Waals surface area contributed by atoms with Gasteiger partial charge in [-0.15, -0.1) is 0 Å². The van der Waals surface area contributed by atoms with Gasteiger partial charge in [-0.05, 0) is 23.8 Å². The zero-order valence-corrected chi connectivity index (χ0v) is 14.1. The van der Waals surface area contributed by atoms with Crippen LogP contribution in [0.1, 0.15) is 17.0 Å². The Morgan fingerprint density at radius 1 is 1.22 bits per heavy atom. The van der Waals surface area contributed by atoms with Gasteiger partial charge in [-0.3, -0.25) is 9.59 Å². The SMILES string of the molecule is CN1C[C@H](c2cccc(C(F)(F)F)c2)[C@@H](C(=O)Nc2cccc(F)n2)C1=O. The number of likely N-dealkylation sites (tertiary alicyclic amines) is 1. The van der Waals surface area contributed by atoms with E-state index in [-0.39, 0.29) is 17.9 Å². The fourth-order valence-corrected chi connectivity index (χ4v) is 3.12. The van der Waals surface area contributed by atoms with Crippen LogP contribution in [-0.4, -0.2) is 35.3 Å². The first kappa shape index (κ1) is 18.8. The molecule has 0 saturated carbocycles. The predicted molar refractivity (Wildman–Crippen MR) is 88.1 cm³/mol. The maximum Gasteiger partial charge on any atom is 0.416 e. The number of nitrogens with zero attached hydrogens (tertiary/aromatic N) is 2. The Morgan fingerprint density at radius 3 is 2.59 bits per heavy atom. The first-order valence-corrected chi connectivity index (χ1v) is 8.02. The molecule has 5 nitrogen and oxygen atoms in total. The molecule has 0 radical (unpaired) electrons. The summed E-state index contributed by atoms with van der Waals surface area (Å²) in [6, 6.07) is 8.34. The highest BCUT2D eigenvalue weighted by Gasteiger charge is 2.45. The maximum atomic E-state index is 13.2. The van der Waals surface area contributed by atoms with Gasteiger partial charge >= 0.3 is 6.18 Å². The van der Waals surface area contributed by atoms with E-state index in [4.69, 9.17) is 0 Å². The molecule has 0 aliphatic carbocycles. The van der Waals surface area contributed by atoms with Crippen molar-refractivity contribution in [2.75, 3.05) is 18.9 Å². The predicted octanol–water partition coefficient (Wildman–Crippen LogP) is 3.05. The number of nitrogens with one attached hydrogen (secondary N) is 1. The van der Waals surface area contributed by atoms with Crippen LogP contribution in [0.15, 0.2) is 42.5 Å². The number of amides is 2. The van der Waals surface area contributed by atoms with E-state index in [2.05, 4.69) is 10.3 Å². The molecule has 2 atom stereocenters. The summed E-state index contributed by atoms with van der Waals surface area (Å²) in [7, 11) is 1.47. The third-order valence-electron chi connectivity index (χ3n) is 4.41. The van der Waals surface area contributed by atoms with Crippen LogP contribution in [-0.2, 0) is 15.8 Å². The molecule has 3 rings (SSSR count). The number of carbonyl (C=O) groups excluding carboxylic acids is 2. The van der Waals surface area contributed by atoms with Gasteiger partial charge in [0.2, 0.25) is 17.8 Å². The van der Waals surface area contributed by atoms with Gasteiger partial charge in [-0.1, -0.05) is 24.3 Å². The molecule has 2 heterocycles. The lowest BCUT2D eigenvalue weighted by Crippen LogP contribution is -2.33. The molecule has 9 heteroatoms. The number of rotatable bonds is 3. The minimum atomic E-state index is -4.53. The molecular formula is C18H15F4N3O2. The number of likely N-dealkylation sites (N-methyl/N-ethyl adjacent to an activating group) is 1. The van der Waals surface area contributed by atoms with Crippen molar-refractivity contribution in [1.29, 1.82) is 0 Å². The molecule has 1 aliphatic rings. The molecule has 0 spiro atoms. The number of carbonyl (C=O) groups is 2. The van der Waals surface area contributed by atoms with E-state index in [0.29, 0.717) is 0 Å². The standard InChI is InChI=1S/C18H15F4N3O2/c1-25-9-12(10-4-2-5-11(8-10)18(20,21)22)15(17(25)27)16(26)24-14-7-3-6-13(19)23-14/h2-8,12,15H,9H2,1H3,(H,23,24,26)/t12-,15+/m1/s1. The van der Waals surface area contributed by atoms with Gasteiger partial charge in [0.15, 0.2) is 0 Å². The zero-order valence-electron chi connectivity index (χ0n) is 14.1. The normalized spacial score (nSPS) is 20.0. The summed E-state index contributed by atoms with van der Waals surface area (Å²) in [5.74, 6) is -4.15. The van der Waals surface area contributed by atoms with E-state index in [1.807, 2.05) is 0 Å². The summed E-state index contributed by atoms with van der Waals surface area (Å²) in [6.07, 6.45) is -4.53. The molecule has 27 heavy (non-hydrogen) atoms. The van der Waals surface area contributed by atoms with E-state index in [1.54, 1.807) is 0 Å². The monoisotopic (exact) mass is 381 g/mol. The molecule has 0 unspecified atom stereocenters. The van der Waals surface area contributed by atoms with Gasteiger partial charge in [0.25, 0.3) is 0 Å². The molecule has 1 aromatic heterocycles. The molecule has 0 bridgehead atoms. The van der Waals surface area contributed by atoms with Crippen LogP contribution in [0.25, 0.3) is 0 Å². The topological polar surface area (TPSA) is 62.3 Å². The Hall–Kier alpha value is -2.97. The van der Waals surface area contributed by atoms with Crippen molar-refractivity contribution in [3.63, 3.8) is 0 Å². The lowest BCUT2D eigenvalue weighted by atomic mass is 9.87. The average molecular weight is 381 g/mol. The van der Waals surface area contributed by atoms with Crippen molar-refractivity contribution in [2.45, 2.75) is 12.1 Å². The van der Waals surface area contributed by atoms with Crippen molar-refractivity contribution in [2.24, 2.45) is 5.92 Å². The summed E-state index contributed by atoms with van der Waals surface area (Å²) in [5, 5.41) is 2.36. The summed E-state index contributed by atoms with van der Waals surface area (Å²) >= 11 is 0. The van der Waals surface area contributed by atoms with Crippen molar-refractivity contribution in [3.05, 3.63) is 59.5 Å². The molecule has 1 N–H and O–H groups in total. The second-order valence-electron chi connectivity index (χ2n) is 6.26. The van der Waals surface area contributed by atoms with Crippen LogP contribution in [0.4, 0.5) is 23.4 Å². The Kier molecular flexibility index (Phi) is 4.86. The highest BCUT2D eigenvalue weighted by Crippen LogP contribution is 2.37. The van der Waals surface area contributed by atoms with Gasteiger partial charge < -0.3 is 10.2 Å². The number of anilines is 1. The highest BCUT2D eigenvalue weighted by molar-refractivity contribution is 6.08. The summed E-state index contributed by atoms with van der Waals surface area (Å²) in [6.45, 7) is 0.0921. The second kappa shape index (κ2) is 6.98. The minimum absolute atomic E-state index is 0.0786. The largest absolute Gasteiger partial charge is 0.416 e. The summed E-state index contributed by atoms with van der Waals surface area (Å²) < 4.78 is 52.2. The quantitative estimate of drug-likeness (QED) is 0.505. The van der Waals surface area contributed by atoms with Crippen molar-refractivity contribution in [1.82, 2.24) is 9.88 Å². The number of pyridine rings is 1. The van der Waals surface area contributed by atoms with Gasteiger partial charge in [-0.25, -0.2) is 4.98 Å². The molecule has 1 fully saturated rings. The number of aromatic nitrogens is 1. The smallest absolute Gasteiger partial charge is 0.344 e. The van der Waals surface area contributed by atoms with E-state index < -0.39 is 41.3 Å². The number of hydrogen-bond acceptors (Lipinski definition) is 3. The van der Waals surface area contributed by atoms with Crippen LogP contribution in [0, 0.1) is 11.9 Å². The average Bonchev–Trinajstić information content (AvgIpc) is 2.89. The molecule has 142 valence electrons. The Balaban J connectivity index is 1.90. The van der Waals surface area contributed by atoms with E-state index in [1.165, 1.54) is 36.2 Å². The molecule has 1 aromatic carbocycles. The zero-order chi connectivity index (χ0) is 19.8. The third kappa shape index (κ3) is 3.91. The van der Waals surface area contributed by atoms with Gasteiger partial charge in [0.05, 0.1) is 5.56 Å². The first-order valence-electron chi connectivity index (χ1n) is 8.02. The fraction of sp³-hybridized carbons (Fsp3) is 0.278. The molecule has 1 saturated heterocycles. The minimum Gasteiger partial charge on any atom is -0.344 e. The van der Waals surface area contributed by atoms with Crippen LogP contribution in [0.5, 0.6) is 0 Å². The van der Waals surface area contributed by atoms with Crippen LogP contribution >= 0.6 is 0 Å². The first-order chi connectivity index (χ1) is 12.7. The number of hydrogen-bond donors (Lipinski definition) is 1. The third-order valence-corrected chi connectivity index (χ3v) is 4.41. The van der Waals surface area contributed by atoms with E-state index in [0.717, 1.165) is 18.2 Å². The Labute approximate surface area is 152 Å². The van der Waals surface area contributed by atoms with Crippen molar-refractivity contribution in [3.8, 4) is 0 Å². The Bertz CT molecular complexity index is 885. The molecule has 2 aromatic rings. The second-order valence-corrected chi connectivity index (χ2v) is 6.26. The summed E-state index contributed by atoms with van der Waals surface area (Å²) in [4.78, 5) is 29.8. The maximum absolute atomic E-state index is 13.2. The van der Waals surface area contributed by atoms with Gasteiger partial charge in [0, 0.05) is 19.5 Å². The molecule has 1 aliphatic heterocycles. The summed E-state index contributed by atoms with van der Waals surface area (Å²) in [5.41, 5.74) is -0.622. The number of benzene rings is 1. The van der Waals surface area contributed by atoms with E-state index >= 15 is 0 Å². The van der Waals surface area contributed by atoms with Crippen LogP contribution in [0.2, 0.25) is 0 Å². The van der Waals surface area contributed by atoms with Crippen molar-refractivity contribution < 1.29 is 27.2 Å². The number of alkyl halides is 3. The molecule has 2 amide bonds. The van der Waals surface area contributed by atoms with Crippen LogP contribution < -0.4 is 5.32 Å². The number of halogens is 4. The lowest BCUT2D eigenvalue weighted by Gasteiger charge is -2.18. The van der Waals surface area contributed by atoms with Gasteiger partial charge in [0.1, 0.15) is 11.7 Å². The highest BCUT2D eigenvalue weighted by atomic mass is 19.4. The van der Waals surface area contributed by atoms with Crippen molar-refractivity contribution >= 4 is 17.6 Å². The fourth-order valence-electron chi connectivity index (χ4n) is 3.12. The Morgan fingerprint density at radius 2 is 1.93 bits per heavy atom. The molecular weight excluding hydrogens is 366 g/mol. The van der Waals surface area contributed by atoms with E-state index in [9.17, 15) is 27.2 Å². The lowest BCUT2D eigenvalue weighted by molar-refractivity contribution is -0.137.